The molecule has 3 rings (SSSR count). The number of carbonyl (C=O) groups excluding carboxylic acids is 1. The van der Waals surface area contributed by atoms with Gasteiger partial charge in [-0.25, -0.2) is 0 Å². The van der Waals surface area contributed by atoms with Gasteiger partial charge < -0.3 is 10.6 Å². The van der Waals surface area contributed by atoms with E-state index in [4.69, 9.17) is 0 Å². The molecule has 9 heteroatoms. The highest BCUT2D eigenvalue weighted by molar-refractivity contribution is 7.98. The highest BCUT2D eigenvalue weighted by Crippen LogP contribution is 2.19. The van der Waals surface area contributed by atoms with E-state index in [9.17, 15) is 4.79 Å². The molecule has 0 aliphatic carbocycles. The first-order valence-electron chi connectivity index (χ1n) is 7.59. The van der Waals surface area contributed by atoms with Crippen molar-refractivity contribution in [3.8, 4) is 0 Å². The molecule has 6 nitrogen and oxygen atoms in total. The summed E-state index contributed by atoms with van der Waals surface area (Å²) in [6.07, 6.45) is 5.77. The normalized spacial score (nSPS) is 17.8. The molecule has 2 N–H and O–H groups in total. The molecule has 0 bridgehead atoms. The van der Waals surface area contributed by atoms with Gasteiger partial charge in [0.15, 0.2) is 11.5 Å². The van der Waals surface area contributed by atoms with Gasteiger partial charge in [-0.3, -0.25) is 9.20 Å². The predicted octanol–water partition coefficient (Wildman–Crippen LogP) is 2.09. The third-order valence-electron chi connectivity index (χ3n) is 4.01. The lowest BCUT2D eigenvalue weighted by molar-refractivity contribution is -0.125. The Balaban J connectivity index is 0.00000144. The van der Waals surface area contributed by atoms with Gasteiger partial charge in [0.05, 0.1) is 12.0 Å². The third kappa shape index (κ3) is 4.75. The first-order chi connectivity index (χ1) is 10.8. The molecule has 2 unspecified atom stereocenters. The average molecular weight is 392 g/mol. The summed E-state index contributed by atoms with van der Waals surface area (Å²) in [6.45, 7) is 1.68. The van der Waals surface area contributed by atoms with E-state index in [-0.39, 0.29) is 42.7 Å². The fourth-order valence-corrected chi connectivity index (χ4v) is 3.24. The van der Waals surface area contributed by atoms with Crippen molar-refractivity contribution in [3.63, 3.8) is 0 Å². The minimum atomic E-state index is -0.0991. The minimum Gasteiger partial charge on any atom is -0.346 e. The number of halogens is 2. The lowest BCUT2D eigenvalue weighted by Crippen LogP contribution is -2.36. The molecule has 2 aromatic heterocycles. The molecule has 3 heterocycles. The van der Waals surface area contributed by atoms with E-state index in [1.165, 1.54) is 0 Å². The Morgan fingerprint density at radius 1 is 1.46 bits per heavy atom. The maximum absolute atomic E-state index is 12.4. The summed E-state index contributed by atoms with van der Waals surface area (Å²) in [5.41, 5.74) is 0.809. The minimum absolute atomic E-state index is 0. The topological polar surface area (TPSA) is 71.3 Å². The Morgan fingerprint density at radius 3 is 3.00 bits per heavy atom. The van der Waals surface area contributed by atoms with Crippen molar-refractivity contribution in [2.75, 3.05) is 25.1 Å². The van der Waals surface area contributed by atoms with E-state index in [1.54, 1.807) is 11.8 Å². The van der Waals surface area contributed by atoms with Crippen molar-refractivity contribution in [1.82, 2.24) is 25.2 Å². The second-order valence-corrected chi connectivity index (χ2v) is 6.51. The molecule has 1 saturated heterocycles. The summed E-state index contributed by atoms with van der Waals surface area (Å²) in [6, 6.07) is 5.71. The summed E-state index contributed by atoms with van der Waals surface area (Å²) in [5.74, 6) is 1.96. The number of rotatable bonds is 6. The van der Waals surface area contributed by atoms with Crippen molar-refractivity contribution in [2.24, 2.45) is 5.92 Å². The maximum atomic E-state index is 12.4. The highest BCUT2D eigenvalue weighted by Gasteiger charge is 2.26. The zero-order valence-corrected chi connectivity index (χ0v) is 15.9. The van der Waals surface area contributed by atoms with E-state index in [2.05, 4.69) is 27.1 Å². The van der Waals surface area contributed by atoms with Crippen LogP contribution in [0.1, 0.15) is 24.7 Å². The molecule has 1 amide bonds. The van der Waals surface area contributed by atoms with Crippen LogP contribution in [0.2, 0.25) is 0 Å². The van der Waals surface area contributed by atoms with Gasteiger partial charge in [-0.2, -0.15) is 11.8 Å². The zero-order chi connectivity index (χ0) is 15.4. The van der Waals surface area contributed by atoms with E-state index in [0.29, 0.717) is 0 Å². The fraction of sp³-hybridized carbons (Fsp3) is 0.533. The van der Waals surface area contributed by atoms with Gasteiger partial charge in [-0.15, -0.1) is 35.0 Å². The van der Waals surface area contributed by atoms with E-state index < -0.39 is 0 Å². The molecular weight excluding hydrogens is 369 g/mol. The molecule has 0 radical (unpaired) electrons. The standard InChI is InChI=1S/C15H21N5OS.2ClH/c1-22-9-6-12(17-15(21)11-5-7-16-10-11)14-19-18-13-4-2-3-8-20(13)14;;/h2-4,8,11-12,16H,5-7,9-10H2,1H3,(H,17,21);2*1H. The Bertz CT molecular complexity index is 648. The molecule has 1 aliphatic rings. The van der Waals surface area contributed by atoms with Crippen LogP contribution in [0.15, 0.2) is 24.4 Å². The predicted molar refractivity (Wildman–Crippen MR) is 102 cm³/mol. The van der Waals surface area contributed by atoms with Crippen molar-refractivity contribution in [3.05, 3.63) is 30.2 Å². The number of fused-ring (bicyclic) bond motifs is 1. The van der Waals surface area contributed by atoms with E-state index >= 15 is 0 Å². The zero-order valence-electron chi connectivity index (χ0n) is 13.5. The lowest BCUT2D eigenvalue weighted by Gasteiger charge is -2.19. The number of amides is 1. The molecule has 0 saturated carbocycles. The van der Waals surface area contributed by atoms with Crippen LogP contribution >= 0.6 is 36.6 Å². The summed E-state index contributed by atoms with van der Waals surface area (Å²) in [4.78, 5) is 12.4. The van der Waals surface area contributed by atoms with Gasteiger partial charge in [0, 0.05) is 12.7 Å². The number of hydrogen-bond acceptors (Lipinski definition) is 5. The SMILES string of the molecule is CSCCC(NC(=O)C1CCNC1)c1nnc2ccccn12.Cl.Cl. The summed E-state index contributed by atoms with van der Waals surface area (Å²) in [5, 5.41) is 14.9. The molecule has 134 valence electrons. The number of hydrogen-bond donors (Lipinski definition) is 2. The van der Waals surface area contributed by atoms with Gasteiger partial charge in [0.25, 0.3) is 0 Å². The third-order valence-corrected chi connectivity index (χ3v) is 4.65. The van der Waals surface area contributed by atoms with Crippen LogP contribution < -0.4 is 10.6 Å². The number of thioether (sulfide) groups is 1. The quantitative estimate of drug-likeness (QED) is 0.788. The van der Waals surface area contributed by atoms with Crippen LogP contribution in [-0.2, 0) is 4.79 Å². The molecule has 1 fully saturated rings. The largest absolute Gasteiger partial charge is 0.346 e. The molecular formula is C15H23Cl2N5OS. The van der Waals surface area contributed by atoms with Crippen LogP contribution in [0.25, 0.3) is 5.65 Å². The van der Waals surface area contributed by atoms with Crippen LogP contribution in [0.3, 0.4) is 0 Å². The number of aromatic nitrogens is 3. The Hall–Kier alpha value is -1.02. The van der Waals surface area contributed by atoms with Gasteiger partial charge in [0.1, 0.15) is 0 Å². The van der Waals surface area contributed by atoms with Gasteiger partial charge >= 0.3 is 0 Å². The van der Waals surface area contributed by atoms with Gasteiger partial charge in [-0.1, -0.05) is 6.07 Å². The van der Waals surface area contributed by atoms with Crippen LogP contribution in [0.4, 0.5) is 0 Å². The number of nitrogens with one attached hydrogen (secondary N) is 2. The molecule has 2 aromatic rings. The second-order valence-electron chi connectivity index (χ2n) is 5.52. The Labute approximate surface area is 158 Å². The number of nitrogens with zero attached hydrogens (tertiary/aromatic N) is 3. The Kier molecular flexibility index (Phi) is 8.83. The average Bonchev–Trinajstić information content (AvgIpc) is 3.20. The van der Waals surface area contributed by atoms with Crippen molar-refractivity contribution in [2.45, 2.75) is 18.9 Å². The summed E-state index contributed by atoms with van der Waals surface area (Å²) < 4.78 is 1.96. The molecule has 0 aromatic carbocycles. The van der Waals surface area contributed by atoms with Crippen LogP contribution in [0.5, 0.6) is 0 Å². The monoisotopic (exact) mass is 391 g/mol. The maximum Gasteiger partial charge on any atom is 0.225 e. The first-order valence-corrected chi connectivity index (χ1v) is 8.98. The van der Waals surface area contributed by atoms with Crippen molar-refractivity contribution in [1.29, 1.82) is 0 Å². The molecule has 24 heavy (non-hydrogen) atoms. The van der Waals surface area contributed by atoms with E-state index in [0.717, 1.165) is 43.2 Å². The van der Waals surface area contributed by atoms with Crippen molar-refractivity contribution >= 4 is 48.1 Å². The molecule has 2 atom stereocenters. The first kappa shape index (κ1) is 21.0. The summed E-state index contributed by atoms with van der Waals surface area (Å²) in [7, 11) is 0. The number of pyridine rings is 1. The van der Waals surface area contributed by atoms with Crippen LogP contribution in [-0.4, -0.2) is 45.6 Å². The second kappa shape index (κ2) is 10.1. The van der Waals surface area contributed by atoms with E-state index in [1.807, 2.05) is 28.8 Å². The smallest absolute Gasteiger partial charge is 0.225 e. The Morgan fingerprint density at radius 2 is 2.29 bits per heavy atom. The van der Waals surface area contributed by atoms with Crippen LogP contribution in [0, 0.1) is 5.92 Å². The molecule has 0 spiro atoms. The highest BCUT2D eigenvalue weighted by atomic mass is 35.5. The fourth-order valence-electron chi connectivity index (χ4n) is 2.77. The van der Waals surface area contributed by atoms with Gasteiger partial charge in [0.2, 0.25) is 5.91 Å². The summed E-state index contributed by atoms with van der Waals surface area (Å²) >= 11 is 1.77. The number of carbonyl (C=O) groups is 1. The van der Waals surface area contributed by atoms with Gasteiger partial charge in [-0.05, 0) is 43.5 Å². The van der Waals surface area contributed by atoms with Crippen molar-refractivity contribution < 1.29 is 4.79 Å². The lowest BCUT2D eigenvalue weighted by atomic mass is 10.1. The molecule has 1 aliphatic heterocycles.